The van der Waals surface area contributed by atoms with Crippen LogP contribution >= 0.6 is 0 Å². The van der Waals surface area contributed by atoms with Crippen LogP contribution in [-0.2, 0) is 6.42 Å². The monoisotopic (exact) mass is 249 g/mol. The highest BCUT2D eigenvalue weighted by Gasteiger charge is 2.12. The van der Waals surface area contributed by atoms with E-state index in [4.69, 9.17) is 10.5 Å². The Morgan fingerprint density at radius 3 is 2.83 bits per heavy atom. The lowest BCUT2D eigenvalue weighted by atomic mass is 10.1. The molecule has 4 nitrogen and oxygen atoms in total. The van der Waals surface area contributed by atoms with Crippen molar-refractivity contribution in [3.8, 4) is 17.0 Å². The fourth-order valence-electron chi connectivity index (χ4n) is 1.92. The molecule has 0 aliphatic rings. The van der Waals surface area contributed by atoms with Crippen molar-refractivity contribution in [2.75, 3.05) is 13.7 Å². The Kier molecular flexibility index (Phi) is 3.62. The van der Waals surface area contributed by atoms with Gasteiger partial charge in [-0.05, 0) is 31.7 Å². The lowest BCUT2D eigenvalue weighted by Crippen LogP contribution is -2.04. The maximum atomic E-state index is 13.7. The van der Waals surface area contributed by atoms with Crippen LogP contribution < -0.4 is 10.5 Å². The molecule has 96 valence electrons. The summed E-state index contributed by atoms with van der Waals surface area (Å²) in [6.07, 6.45) is 0.684. The van der Waals surface area contributed by atoms with E-state index in [1.807, 2.05) is 6.92 Å². The normalized spacial score (nSPS) is 10.7. The molecular formula is C13H16FN3O. The SMILES string of the molecule is COc1ccc(-c2nc(C)[nH]c2CCN)cc1F. The fraction of sp³-hybridized carbons (Fsp3) is 0.308. The lowest BCUT2D eigenvalue weighted by molar-refractivity contribution is 0.386. The number of methoxy groups -OCH3 is 1. The van der Waals surface area contributed by atoms with Gasteiger partial charge in [-0.1, -0.05) is 0 Å². The molecule has 0 fully saturated rings. The van der Waals surface area contributed by atoms with Gasteiger partial charge in [-0.15, -0.1) is 0 Å². The minimum absolute atomic E-state index is 0.228. The summed E-state index contributed by atoms with van der Waals surface area (Å²) in [5.41, 5.74) is 7.95. The Morgan fingerprint density at radius 2 is 2.22 bits per heavy atom. The first kappa shape index (κ1) is 12.6. The van der Waals surface area contributed by atoms with E-state index in [2.05, 4.69) is 9.97 Å². The summed E-state index contributed by atoms with van der Waals surface area (Å²) in [6.45, 7) is 2.39. The van der Waals surface area contributed by atoms with Crippen molar-refractivity contribution in [1.29, 1.82) is 0 Å². The van der Waals surface area contributed by atoms with Gasteiger partial charge in [-0.25, -0.2) is 9.37 Å². The van der Waals surface area contributed by atoms with Crippen LogP contribution in [0, 0.1) is 12.7 Å². The van der Waals surface area contributed by atoms with Gasteiger partial charge < -0.3 is 15.5 Å². The maximum absolute atomic E-state index is 13.7. The molecule has 1 aromatic carbocycles. The van der Waals surface area contributed by atoms with Gasteiger partial charge in [0.15, 0.2) is 11.6 Å². The molecule has 0 saturated carbocycles. The summed E-state index contributed by atoms with van der Waals surface area (Å²) in [6, 6.07) is 4.81. The number of aromatic amines is 1. The largest absolute Gasteiger partial charge is 0.494 e. The van der Waals surface area contributed by atoms with Crippen molar-refractivity contribution in [3.05, 3.63) is 35.5 Å². The molecule has 1 aromatic heterocycles. The number of ether oxygens (including phenoxy) is 1. The molecule has 0 radical (unpaired) electrons. The van der Waals surface area contributed by atoms with Crippen molar-refractivity contribution in [1.82, 2.24) is 9.97 Å². The summed E-state index contributed by atoms with van der Waals surface area (Å²) >= 11 is 0. The van der Waals surface area contributed by atoms with Gasteiger partial charge in [-0.3, -0.25) is 0 Å². The number of nitrogens with one attached hydrogen (secondary N) is 1. The Balaban J connectivity index is 2.44. The molecule has 2 aromatic rings. The number of nitrogens with two attached hydrogens (primary N) is 1. The maximum Gasteiger partial charge on any atom is 0.165 e. The fourth-order valence-corrected chi connectivity index (χ4v) is 1.92. The molecule has 0 spiro atoms. The number of nitrogens with zero attached hydrogens (tertiary/aromatic N) is 1. The first-order valence-electron chi connectivity index (χ1n) is 5.75. The second-order valence-electron chi connectivity index (χ2n) is 4.04. The van der Waals surface area contributed by atoms with E-state index < -0.39 is 5.82 Å². The quantitative estimate of drug-likeness (QED) is 0.871. The number of halogens is 1. The van der Waals surface area contributed by atoms with Crippen LogP contribution in [0.1, 0.15) is 11.5 Å². The summed E-state index contributed by atoms with van der Waals surface area (Å²) in [5.74, 6) is 0.630. The van der Waals surface area contributed by atoms with Gasteiger partial charge in [0.25, 0.3) is 0 Å². The molecule has 0 aliphatic carbocycles. The van der Waals surface area contributed by atoms with Crippen LogP contribution in [0.5, 0.6) is 5.75 Å². The first-order valence-corrected chi connectivity index (χ1v) is 5.75. The van der Waals surface area contributed by atoms with Gasteiger partial charge in [-0.2, -0.15) is 0 Å². The summed E-state index contributed by atoms with van der Waals surface area (Å²) in [4.78, 5) is 7.52. The molecule has 18 heavy (non-hydrogen) atoms. The highest BCUT2D eigenvalue weighted by molar-refractivity contribution is 5.63. The molecule has 2 rings (SSSR count). The number of imidazole rings is 1. The van der Waals surface area contributed by atoms with Crippen LogP contribution in [0.25, 0.3) is 11.3 Å². The van der Waals surface area contributed by atoms with E-state index >= 15 is 0 Å². The van der Waals surface area contributed by atoms with E-state index in [1.54, 1.807) is 12.1 Å². The molecule has 0 aliphatic heterocycles. The lowest BCUT2D eigenvalue weighted by Gasteiger charge is -2.05. The highest BCUT2D eigenvalue weighted by Crippen LogP contribution is 2.26. The number of H-pyrrole nitrogens is 1. The smallest absolute Gasteiger partial charge is 0.165 e. The number of benzene rings is 1. The molecular weight excluding hydrogens is 233 g/mol. The van der Waals surface area contributed by atoms with Crippen LogP contribution in [0.3, 0.4) is 0 Å². The van der Waals surface area contributed by atoms with Gasteiger partial charge in [0, 0.05) is 17.7 Å². The van der Waals surface area contributed by atoms with Crippen LogP contribution in [0.4, 0.5) is 4.39 Å². The van der Waals surface area contributed by atoms with E-state index in [0.29, 0.717) is 13.0 Å². The van der Waals surface area contributed by atoms with E-state index in [-0.39, 0.29) is 5.75 Å². The highest BCUT2D eigenvalue weighted by atomic mass is 19.1. The number of aryl methyl sites for hydroxylation is 1. The molecule has 0 amide bonds. The molecule has 0 bridgehead atoms. The van der Waals surface area contributed by atoms with Crippen LogP contribution in [0.15, 0.2) is 18.2 Å². The van der Waals surface area contributed by atoms with Crippen molar-refractivity contribution in [3.63, 3.8) is 0 Å². The third-order valence-corrected chi connectivity index (χ3v) is 2.72. The minimum atomic E-state index is -0.394. The number of rotatable bonds is 4. The molecule has 0 atom stereocenters. The molecule has 3 N–H and O–H groups in total. The third kappa shape index (κ3) is 2.36. The van der Waals surface area contributed by atoms with Crippen molar-refractivity contribution >= 4 is 0 Å². The zero-order valence-corrected chi connectivity index (χ0v) is 10.5. The Labute approximate surface area is 105 Å². The van der Waals surface area contributed by atoms with Gasteiger partial charge >= 0.3 is 0 Å². The van der Waals surface area contributed by atoms with Crippen molar-refractivity contribution < 1.29 is 9.13 Å². The second kappa shape index (κ2) is 5.18. The minimum Gasteiger partial charge on any atom is -0.494 e. The van der Waals surface area contributed by atoms with E-state index in [9.17, 15) is 4.39 Å². The summed E-state index contributed by atoms with van der Waals surface area (Å²) in [7, 11) is 1.44. The molecule has 1 heterocycles. The standard InChI is InChI=1S/C13H16FN3O/c1-8-16-11(5-6-15)13(17-8)9-3-4-12(18-2)10(14)7-9/h3-4,7H,5-6,15H2,1-2H3,(H,16,17). The molecule has 0 unspecified atom stereocenters. The Morgan fingerprint density at radius 1 is 1.44 bits per heavy atom. The van der Waals surface area contributed by atoms with Crippen molar-refractivity contribution in [2.45, 2.75) is 13.3 Å². The second-order valence-corrected chi connectivity index (χ2v) is 4.04. The van der Waals surface area contributed by atoms with Crippen LogP contribution in [0.2, 0.25) is 0 Å². The average Bonchev–Trinajstić information content (AvgIpc) is 2.71. The van der Waals surface area contributed by atoms with E-state index in [0.717, 1.165) is 22.8 Å². The summed E-state index contributed by atoms with van der Waals surface area (Å²) < 4.78 is 18.6. The Hall–Kier alpha value is -1.88. The zero-order valence-electron chi connectivity index (χ0n) is 10.5. The van der Waals surface area contributed by atoms with Gasteiger partial charge in [0.05, 0.1) is 12.8 Å². The zero-order chi connectivity index (χ0) is 13.1. The molecule has 5 heteroatoms. The van der Waals surface area contributed by atoms with Gasteiger partial charge in [0.1, 0.15) is 5.82 Å². The van der Waals surface area contributed by atoms with E-state index in [1.165, 1.54) is 13.2 Å². The first-order chi connectivity index (χ1) is 8.65. The average molecular weight is 249 g/mol. The topological polar surface area (TPSA) is 63.9 Å². The predicted octanol–water partition coefficient (Wildman–Crippen LogP) is 2.03. The van der Waals surface area contributed by atoms with Gasteiger partial charge in [0.2, 0.25) is 0 Å². The summed E-state index contributed by atoms with van der Waals surface area (Å²) in [5, 5.41) is 0. The number of hydrogen-bond donors (Lipinski definition) is 2. The Bertz CT molecular complexity index is 551. The number of aromatic nitrogens is 2. The van der Waals surface area contributed by atoms with Crippen LogP contribution in [-0.4, -0.2) is 23.6 Å². The predicted molar refractivity (Wildman–Crippen MR) is 68.0 cm³/mol. The third-order valence-electron chi connectivity index (χ3n) is 2.72. The van der Waals surface area contributed by atoms with Crippen molar-refractivity contribution in [2.24, 2.45) is 5.73 Å². The number of hydrogen-bond acceptors (Lipinski definition) is 3. The molecule has 0 saturated heterocycles.